The number of aliphatic carboxylic acids is 1. The number of carboxylic acid groups (broad SMARTS) is 1. The Hall–Kier alpha value is -0.400. The van der Waals surface area contributed by atoms with E-state index in [4.69, 9.17) is 12.9 Å². The van der Waals surface area contributed by atoms with E-state index >= 15 is 0 Å². The van der Waals surface area contributed by atoms with Crippen molar-refractivity contribution in [2.75, 3.05) is 0 Å². The molecule has 0 radical (unpaired) electrons. The normalized spacial score (nSPS) is 42.4. The molecule has 1 aliphatic carbocycles. The van der Waals surface area contributed by atoms with Gasteiger partial charge in [-0.1, -0.05) is 12.2 Å². The number of halogens is 1. The number of hydrogen-bond acceptors (Lipinski definition) is 3. The number of carboxylic acids is 1. The molecule has 1 fully saturated rings. The van der Waals surface area contributed by atoms with Gasteiger partial charge in [0.05, 0.1) is 0 Å². The van der Waals surface area contributed by atoms with Crippen molar-refractivity contribution in [3.8, 4) is 0 Å². The van der Waals surface area contributed by atoms with Crippen LogP contribution in [-0.2, 0) is 12.6 Å². The highest BCUT2D eigenvalue weighted by Gasteiger charge is 2.75. The quantitative estimate of drug-likeness (QED) is 0.606. The second-order valence-electron chi connectivity index (χ2n) is 2.61. The maximum absolute atomic E-state index is 10.8. The third kappa shape index (κ3) is 0.758. The van der Waals surface area contributed by atoms with E-state index in [1.807, 2.05) is 0 Å². The highest BCUT2D eigenvalue weighted by Crippen LogP contribution is 2.54. The minimum absolute atomic E-state index is 1.03. The maximum Gasteiger partial charge on any atom is 0.346 e. The minimum Gasteiger partial charge on any atom is -0.479 e. The Morgan fingerprint density at radius 1 is 1.50 bits per heavy atom. The Balaban J connectivity index is 2.38. The number of hydrogen-bond donors (Lipinski definition) is 1. The average molecular weight is 280 g/mol. The molecule has 1 aliphatic heterocycles. The molecule has 0 bridgehead atoms. The Morgan fingerprint density at radius 3 is 2.67 bits per heavy atom. The summed E-state index contributed by atoms with van der Waals surface area (Å²) in [6, 6.07) is 0. The number of epoxide rings is 1. The lowest BCUT2D eigenvalue weighted by atomic mass is 9.98. The lowest BCUT2D eigenvalue weighted by Crippen LogP contribution is -2.32. The highest BCUT2D eigenvalue weighted by atomic mass is 127. The molecular weight excluding hydrogens is 275 g/mol. The molecule has 1 heterocycles. The first-order valence-electron chi connectivity index (χ1n) is 3.27. The Labute approximate surface area is 82.5 Å². The number of carbonyl (C=O) groups is 1. The number of rotatable bonds is 2. The molecule has 2 rings (SSSR count). The molecule has 0 aromatic heterocycles. The van der Waals surface area contributed by atoms with Gasteiger partial charge in [-0.15, -0.1) is 0 Å². The van der Waals surface area contributed by atoms with Crippen molar-refractivity contribution in [3.63, 3.8) is 0 Å². The van der Waals surface area contributed by atoms with Crippen molar-refractivity contribution in [2.24, 2.45) is 0 Å². The fourth-order valence-corrected chi connectivity index (χ4v) is 1.82. The summed E-state index contributed by atoms with van der Waals surface area (Å²) in [6.07, 6.45) is 6.41. The van der Waals surface area contributed by atoms with E-state index in [-0.39, 0.29) is 0 Å². The van der Waals surface area contributed by atoms with Crippen LogP contribution in [0.2, 0.25) is 0 Å². The molecule has 1 saturated heterocycles. The zero-order chi connectivity index (χ0) is 8.82. The molecule has 1 N–H and O–H groups in total. The third-order valence-corrected chi connectivity index (χ3v) is 2.63. The summed E-state index contributed by atoms with van der Waals surface area (Å²) in [5.41, 5.74) is -1.29. The first-order valence-corrected chi connectivity index (χ1v) is 4.15. The van der Waals surface area contributed by atoms with Crippen LogP contribution in [0.3, 0.4) is 0 Å². The van der Waals surface area contributed by atoms with Crippen LogP contribution in [0, 0.1) is 0 Å². The fourth-order valence-electron chi connectivity index (χ4n) is 1.26. The largest absolute Gasteiger partial charge is 0.479 e. The van der Waals surface area contributed by atoms with E-state index in [2.05, 4.69) is 0 Å². The van der Waals surface area contributed by atoms with Gasteiger partial charge >= 0.3 is 5.97 Å². The molecule has 2 aliphatic rings. The number of ether oxygens (including phenoxy) is 1. The molecule has 2 unspecified atom stereocenters. The summed E-state index contributed by atoms with van der Waals surface area (Å²) < 4.78 is 10.0. The van der Waals surface area contributed by atoms with Gasteiger partial charge in [0.15, 0.2) is 0 Å². The summed E-state index contributed by atoms with van der Waals surface area (Å²) in [7, 11) is 0. The van der Waals surface area contributed by atoms with Crippen molar-refractivity contribution in [1.82, 2.24) is 0 Å². The van der Waals surface area contributed by atoms with Crippen LogP contribution in [0.1, 0.15) is 0 Å². The molecule has 4 nitrogen and oxygen atoms in total. The summed E-state index contributed by atoms with van der Waals surface area (Å²) in [4.78, 5) is 10.8. The van der Waals surface area contributed by atoms with E-state index in [0.29, 0.717) is 0 Å². The summed E-state index contributed by atoms with van der Waals surface area (Å²) in [5, 5.41) is 8.84. The molecule has 64 valence electrons. The van der Waals surface area contributed by atoms with Crippen LogP contribution in [0.5, 0.6) is 0 Å². The predicted octanol–water partition coefficient (Wildman–Crippen LogP) is 1.03. The lowest BCUT2D eigenvalue weighted by molar-refractivity contribution is -0.141. The van der Waals surface area contributed by atoms with Gasteiger partial charge in [0.1, 0.15) is 23.0 Å². The predicted molar refractivity (Wildman–Crippen MR) is 47.6 cm³/mol. The summed E-state index contributed by atoms with van der Waals surface area (Å²) >= 11 is 1.64. The van der Waals surface area contributed by atoms with Crippen LogP contribution in [0.25, 0.3) is 0 Å². The van der Waals surface area contributed by atoms with Crippen LogP contribution in [-0.4, -0.2) is 22.5 Å². The minimum atomic E-state index is -1.29. The Morgan fingerprint density at radius 2 is 2.17 bits per heavy atom. The van der Waals surface area contributed by atoms with Gasteiger partial charge in [-0.25, -0.2) is 4.79 Å². The Kier molecular flexibility index (Phi) is 1.57. The fraction of sp³-hybridized carbons (Fsp3) is 0.286. The van der Waals surface area contributed by atoms with Gasteiger partial charge in [0.2, 0.25) is 11.4 Å². The molecule has 5 heteroatoms. The Bertz CT molecular complexity index is 298. The van der Waals surface area contributed by atoms with Gasteiger partial charge in [-0.3, -0.25) is 3.07 Å². The molecule has 0 spiro atoms. The molecule has 0 amide bonds. The summed E-state index contributed by atoms with van der Waals surface area (Å²) in [5.74, 6) is -2.10. The summed E-state index contributed by atoms with van der Waals surface area (Å²) in [6.45, 7) is 0. The smallest absolute Gasteiger partial charge is 0.346 e. The first kappa shape index (κ1) is 8.21. The third-order valence-electron chi connectivity index (χ3n) is 1.98. The number of fused-ring (bicyclic) bond motifs is 1. The molecule has 0 saturated carbocycles. The first-order chi connectivity index (χ1) is 5.67. The second-order valence-corrected chi connectivity index (χ2v) is 3.05. The molecule has 0 aromatic rings. The SMILES string of the molecule is O=C(O)C12C=CC=CC1(OI)O2. The monoisotopic (exact) mass is 280 g/mol. The van der Waals surface area contributed by atoms with Crippen molar-refractivity contribution in [2.45, 2.75) is 11.4 Å². The van der Waals surface area contributed by atoms with E-state index in [1.54, 1.807) is 41.2 Å². The van der Waals surface area contributed by atoms with Crippen LogP contribution in [0.4, 0.5) is 0 Å². The lowest BCUT2D eigenvalue weighted by Gasteiger charge is -2.09. The standard InChI is InChI=1S/C7H5IO4/c8-12-7-4-2-1-3-6(7,11-7)5(9)10/h1-4H,(H,9,10). The molecule has 2 atom stereocenters. The highest BCUT2D eigenvalue weighted by molar-refractivity contribution is 14.1. The van der Waals surface area contributed by atoms with E-state index in [9.17, 15) is 4.79 Å². The van der Waals surface area contributed by atoms with Crippen LogP contribution < -0.4 is 0 Å². The van der Waals surface area contributed by atoms with Gasteiger partial charge < -0.3 is 9.84 Å². The van der Waals surface area contributed by atoms with Crippen molar-refractivity contribution < 1.29 is 17.7 Å². The van der Waals surface area contributed by atoms with Gasteiger partial charge in [0.25, 0.3) is 0 Å². The average Bonchev–Trinajstić information content (AvgIpc) is 2.75. The molecular formula is C7H5IO4. The number of allylic oxidation sites excluding steroid dienone is 2. The van der Waals surface area contributed by atoms with E-state index in [0.717, 1.165) is 0 Å². The van der Waals surface area contributed by atoms with Crippen molar-refractivity contribution in [3.05, 3.63) is 24.3 Å². The van der Waals surface area contributed by atoms with Gasteiger partial charge in [-0.05, 0) is 12.2 Å². The van der Waals surface area contributed by atoms with Crippen LogP contribution >= 0.6 is 23.0 Å². The maximum atomic E-state index is 10.8. The zero-order valence-electron chi connectivity index (χ0n) is 5.86. The van der Waals surface area contributed by atoms with E-state index < -0.39 is 17.4 Å². The second kappa shape index (κ2) is 2.30. The van der Waals surface area contributed by atoms with Crippen molar-refractivity contribution in [1.29, 1.82) is 0 Å². The van der Waals surface area contributed by atoms with Gasteiger partial charge in [-0.2, -0.15) is 0 Å². The van der Waals surface area contributed by atoms with Crippen molar-refractivity contribution >= 4 is 29.0 Å². The zero-order valence-corrected chi connectivity index (χ0v) is 8.02. The van der Waals surface area contributed by atoms with Crippen LogP contribution in [0.15, 0.2) is 24.3 Å². The van der Waals surface area contributed by atoms with Gasteiger partial charge in [0, 0.05) is 0 Å². The van der Waals surface area contributed by atoms with E-state index in [1.165, 1.54) is 6.08 Å². The molecule has 0 aromatic carbocycles. The topological polar surface area (TPSA) is 59.1 Å². The molecule has 12 heavy (non-hydrogen) atoms.